The topological polar surface area (TPSA) is 98.2 Å². The number of nitrogens with zero attached hydrogens (tertiary/aromatic N) is 2. The van der Waals surface area contributed by atoms with E-state index in [9.17, 15) is 30.8 Å². The third-order valence-electron chi connectivity index (χ3n) is 4.41. The molecule has 3 aromatic rings. The first-order chi connectivity index (χ1) is 15.5. The summed E-state index contributed by atoms with van der Waals surface area (Å²) in [6.45, 7) is 0. The van der Waals surface area contributed by atoms with Gasteiger partial charge in [-0.1, -0.05) is 12.1 Å². The van der Waals surface area contributed by atoms with Gasteiger partial charge in [-0.2, -0.15) is 13.2 Å². The Bertz CT molecular complexity index is 1260. The highest BCUT2D eigenvalue weighted by Crippen LogP contribution is 2.31. The quantitative estimate of drug-likeness (QED) is 0.401. The van der Waals surface area contributed by atoms with Crippen molar-refractivity contribution in [2.24, 2.45) is 0 Å². The Morgan fingerprint density at radius 1 is 1.06 bits per heavy atom. The second-order valence-corrected chi connectivity index (χ2v) is 8.75. The van der Waals surface area contributed by atoms with E-state index in [0.29, 0.717) is 11.8 Å². The van der Waals surface area contributed by atoms with E-state index in [2.05, 4.69) is 15.3 Å². The third kappa shape index (κ3) is 6.04. The van der Waals surface area contributed by atoms with Crippen LogP contribution in [0.4, 0.5) is 23.2 Å². The molecule has 0 bridgehead atoms. The van der Waals surface area contributed by atoms with Crippen LogP contribution in [0.3, 0.4) is 0 Å². The van der Waals surface area contributed by atoms with Crippen molar-refractivity contribution in [3.8, 4) is 17.0 Å². The highest BCUT2D eigenvalue weighted by atomic mass is 32.2. The number of hydrogen-bond donors (Lipinski definition) is 1. The smallest absolute Gasteiger partial charge is 0.433 e. The minimum Gasteiger partial charge on any atom is -0.497 e. The van der Waals surface area contributed by atoms with Crippen molar-refractivity contribution < 1.29 is 35.5 Å². The molecule has 33 heavy (non-hydrogen) atoms. The average Bonchev–Trinajstić information content (AvgIpc) is 2.78. The Morgan fingerprint density at radius 2 is 1.73 bits per heavy atom. The number of ether oxygens (including phenoxy) is 1. The molecule has 1 aromatic heterocycles. The molecule has 3 rings (SSSR count). The molecule has 174 valence electrons. The van der Waals surface area contributed by atoms with Gasteiger partial charge in [-0.15, -0.1) is 0 Å². The molecule has 0 saturated heterocycles. The number of rotatable bonds is 7. The van der Waals surface area contributed by atoms with Crippen molar-refractivity contribution in [1.29, 1.82) is 0 Å². The molecular formula is C21H17F4N3O4S. The van der Waals surface area contributed by atoms with E-state index in [-0.39, 0.29) is 16.9 Å². The van der Waals surface area contributed by atoms with Crippen LogP contribution in [-0.2, 0) is 20.8 Å². The monoisotopic (exact) mass is 483 g/mol. The van der Waals surface area contributed by atoms with Crippen LogP contribution in [0.25, 0.3) is 11.3 Å². The number of aromatic nitrogens is 2. The fourth-order valence-corrected chi connectivity index (χ4v) is 3.82. The lowest BCUT2D eigenvalue weighted by Crippen LogP contribution is -2.21. The van der Waals surface area contributed by atoms with Gasteiger partial charge in [0.1, 0.15) is 17.3 Å². The van der Waals surface area contributed by atoms with Crippen LogP contribution in [0.5, 0.6) is 5.75 Å². The summed E-state index contributed by atoms with van der Waals surface area (Å²) in [6, 6.07) is 11.7. The average molecular weight is 483 g/mol. The number of anilines is 1. The van der Waals surface area contributed by atoms with Gasteiger partial charge in [0, 0.05) is 12.0 Å². The minimum atomic E-state index is -4.93. The minimum absolute atomic E-state index is 0.156. The molecule has 0 aliphatic heterocycles. The number of hydrogen-bond acceptors (Lipinski definition) is 6. The van der Waals surface area contributed by atoms with Gasteiger partial charge >= 0.3 is 6.18 Å². The summed E-state index contributed by atoms with van der Waals surface area (Å²) >= 11 is 0. The molecule has 2 aromatic carbocycles. The van der Waals surface area contributed by atoms with Crippen molar-refractivity contribution in [3.63, 3.8) is 0 Å². The van der Waals surface area contributed by atoms with Gasteiger partial charge in [-0.25, -0.2) is 22.8 Å². The highest BCUT2D eigenvalue weighted by molar-refractivity contribution is 7.91. The molecular weight excluding hydrogens is 466 g/mol. The summed E-state index contributed by atoms with van der Waals surface area (Å²) in [5.74, 6) is -2.00. The molecule has 0 radical (unpaired) electrons. The van der Waals surface area contributed by atoms with Gasteiger partial charge in [-0.05, 0) is 42.5 Å². The Kier molecular flexibility index (Phi) is 6.96. The molecule has 12 heteroatoms. The van der Waals surface area contributed by atoms with E-state index in [4.69, 9.17) is 4.74 Å². The maximum atomic E-state index is 13.6. The lowest BCUT2D eigenvalue weighted by Gasteiger charge is -2.11. The number of benzene rings is 2. The van der Waals surface area contributed by atoms with E-state index < -0.39 is 50.8 Å². The molecule has 7 nitrogen and oxygen atoms in total. The number of carbonyl (C=O) groups excluding carboxylic acids is 1. The maximum Gasteiger partial charge on any atom is 0.433 e. The zero-order valence-electron chi connectivity index (χ0n) is 17.1. The second kappa shape index (κ2) is 9.53. The number of methoxy groups -OCH3 is 1. The predicted octanol–water partition coefficient (Wildman–Crippen LogP) is 4.11. The van der Waals surface area contributed by atoms with Crippen LogP contribution in [0, 0.1) is 5.82 Å². The van der Waals surface area contributed by atoms with Crippen LogP contribution in [0.15, 0.2) is 59.8 Å². The maximum absolute atomic E-state index is 13.6. The van der Waals surface area contributed by atoms with Crippen LogP contribution in [0.2, 0.25) is 0 Å². The van der Waals surface area contributed by atoms with E-state index >= 15 is 0 Å². The normalized spacial score (nSPS) is 11.8. The zero-order chi connectivity index (χ0) is 24.2. The Balaban J connectivity index is 1.87. The number of para-hydroxylation sites is 1. The van der Waals surface area contributed by atoms with E-state index in [1.165, 1.54) is 49.6 Å². The number of amides is 1. The first-order valence-electron chi connectivity index (χ1n) is 9.37. The van der Waals surface area contributed by atoms with Crippen molar-refractivity contribution in [3.05, 3.63) is 66.1 Å². The summed E-state index contributed by atoms with van der Waals surface area (Å²) in [6.07, 6.45) is -5.58. The van der Waals surface area contributed by atoms with Gasteiger partial charge < -0.3 is 10.1 Å². The van der Waals surface area contributed by atoms with Crippen LogP contribution in [0.1, 0.15) is 12.1 Å². The standard InChI is InChI=1S/C21H17F4N3O4S/c1-32-14-8-6-13(7-9-14)17-12-18(21(23,24)25)28-20(27-17)33(30,31)11-10-19(29)26-16-5-3-2-4-15(16)22/h2-9,12H,10-11H2,1H3,(H,26,29). The molecule has 1 N–H and O–H groups in total. The largest absolute Gasteiger partial charge is 0.497 e. The highest BCUT2D eigenvalue weighted by Gasteiger charge is 2.35. The number of sulfone groups is 1. The van der Waals surface area contributed by atoms with Crippen molar-refractivity contribution in [2.45, 2.75) is 17.8 Å². The van der Waals surface area contributed by atoms with Gasteiger partial charge in [0.25, 0.3) is 0 Å². The van der Waals surface area contributed by atoms with Gasteiger partial charge in [0.05, 0.1) is 24.2 Å². The summed E-state index contributed by atoms with van der Waals surface area (Å²) in [5.41, 5.74) is -1.67. The molecule has 0 fully saturated rings. The molecule has 1 heterocycles. The van der Waals surface area contributed by atoms with Crippen molar-refractivity contribution >= 4 is 21.4 Å². The molecule has 0 atom stereocenters. The summed E-state index contributed by atoms with van der Waals surface area (Å²) in [5, 5.41) is 1.14. The number of halogens is 4. The van der Waals surface area contributed by atoms with Crippen molar-refractivity contribution in [1.82, 2.24) is 9.97 Å². The molecule has 1 amide bonds. The van der Waals surface area contributed by atoms with Crippen LogP contribution >= 0.6 is 0 Å². The Hall–Kier alpha value is -3.54. The summed E-state index contributed by atoms with van der Waals surface area (Å²) in [7, 11) is -3.07. The zero-order valence-corrected chi connectivity index (χ0v) is 17.9. The van der Waals surface area contributed by atoms with Gasteiger partial charge in [-0.3, -0.25) is 4.79 Å². The lowest BCUT2D eigenvalue weighted by molar-refractivity contribution is -0.141. The molecule has 0 spiro atoms. The van der Waals surface area contributed by atoms with Gasteiger partial charge in [0.15, 0.2) is 0 Å². The van der Waals surface area contributed by atoms with Crippen LogP contribution < -0.4 is 10.1 Å². The molecule has 0 unspecified atom stereocenters. The fraction of sp³-hybridized carbons (Fsp3) is 0.190. The SMILES string of the molecule is COc1ccc(-c2cc(C(F)(F)F)nc(S(=O)(=O)CCC(=O)Nc3ccccc3F)n2)cc1. The van der Waals surface area contributed by atoms with Gasteiger partial charge in [0.2, 0.25) is 20.9 Å². The van der Waals surface area contributed by atoms with E-state index in [1.807, 2.05) is 0 Å². The number of carbonyl (C=O) groups is 1. The summed E-state index contributed by atoms with van der Waals surface area (Å²) < 4.78 is 84.0. The van der Waals surface area contributed by atoms with Crippen molar-refractivity contribution in [2.75, 3.05) is 18.2 Å². The fourth-order valence-electron chi connectivity index (χ4n) is 2.71. The van der Waals surface area contributed by atoms with E-state index in [0.717, 1.165) is 6.07 Å². The second-order valence-electron chi connectivity index (χ2n) is 6.74. The molecule has 0 saturated carbocycles. The van der Waals surface area contributed by atoms with E-state index in [1.54, 1.807) is 0 Å². The molecule has 0 aliphatic carbocycles. The third-order valence-corrected chi connectivity index (χ3v) is 5.89. The Labute approximate surface area is 186 Å². The first kappa shape index (κ1) is 24.1. The summed E-state index contributed by atoms with van der Waals surface area (Å²) in [4.78, 5) is 19.0. The van der Waals surface area contributed by atoms with Crippen LogP contribution in [-0.4, -0.2) is 37.2 Å². The number of nitrogens with one attached hydrogen (secondary N) is 1. The Morgan fingerprint density at radius 3 is 2.33 bits per heavy atom. The first-order valence-corrected chi connectivity index (χ1v) is 11.0. The molecule has 0 aliphatic rings. The number of alkyl halides is 3. The lowest BCUT2D eigenvalue weighted by atomic mass is 10.1. The predicted molar refractivity (Wildman–Crippen MR) is 111 cm³/mol.